The van der Waals surface area contributed by atoms with E-state index in [0.29, 0.717) is 5.82 Å². The SMILES string of the molecule is CN1CCN(c2ccc(Nc3ncc([N+](=O)[O-])c(NC4(CNC(=O)OC(C)(C)C)CCCCC4)n3)nc2)CC1. The zero-order valence-electron chi connectivity index (χ0n) is 23.2. The molecule has 1 saturated heterocycles. The number of aromatic nitrogens is 3. The number of alkyl carbamates (subject to hydrolysis) is 1. The van der Waals surface area contributed by atoms with Crippen molar-refractivity contribution in [3.63, 3.8) is 0 Å². The van der Waals surface area contributed by atoms with Gasteiger partial charge in [0, 0.05) is 32.7 Å². The predicted octanol–water partition coefficient (Wildman–Crippen LogP) is 3.91. The fourth-order valence-electron chi connectivity index (χ4n) is 4.87. The Hall–Kier alpha value is -3.74. The smallest absolute Gasteiger partial charge is 0.407 e. The zero-order chi connectivity index (χ0) is 28.0. The lowest BCUT2D eigenvalue weighted by molar-refractivity contribution is -0.384. The normalized spacial score (nSPS) is 17.8. The van der Waals surface area contributed by atoms with Crippen molar-refractivity contribution in [1.82, 2.24) is 25.2 Å². The molecule has 0 atom stereocenters. The van der Waals surface area contributed by atoms with Crippen LogP contribution in [0.5, 0.6) is 0 Å². The van der Waals surface area contributed by atoms with E-state index in [2.05, 4.69) is 47.7 Å². The molecule has 0 bridgehead atoms. The summed E-state index contributed by atoms with van der Waals surface area (Å²) in [5.41, 5.74) is -0.424. The van der Waals surface area contributed by atoms with Crippen molar-refractivity contribution in [2.24, 2.45) is 0 Å². The summed E-state index contributed by atoms with van der Waals surface area (Å²) < 4.78 is 5.39. The number of pyridine rings is 1. The van der Waals surface area contributed by atoms with Crippen molar-refractivity contribution in [3.05, 3.63) is 34.6 Å². The molecule has 2 fully saturated rings. The first kappa shape index (κ1) is 28.3. The van der Waals surface area contributed by atoms with Crippen molar-refractivity contribution in [3.8, 4) is 0 Å². The van der Waals surface area contributed by atoms with Gasteiger partial charge in [-0.25, -0.2) is 14.8 Å². The highest BCUT2D eigenvalue weighted by Crippen LogP contribution is 2.34. The number of rotatable bonds is 8. The van der Waals surface area contributed by atoms with E-state index in [1.807, 2.05) is 12.1 Å². The molecule has 0 spiro atoms. The molecular weight excluding hydrogens is 502 g/mol. The summed E-state index contributed by atoms with van der Waals surface area (Å²) in [6.07, 6.45) is 6.83. The number of ether oxygens (including phenoxy) is 1. The quantitative estimate of drug-likeness (QED) is 0.329. The number of hydrogen-bond acceptors (Lipinski definition) is 11. The van der Waals surface area contributed by atoms with Gasteiger partial charge in [0.15, 0.2) is 0 Å². The van der Waals surface area contributed by atoms with Gasteiger partial charge in [-0.05, 0) is 52.8 Å². The second-order valence-corrected chi connectivity index (χ2v) is 11.3. The van der Waals surface area contributed by atoms with Crippen LogP contribution in [-0.4, -0.2) is 81.8 Å². The molecule has 1 aliphatic heterocycles. The van der Waals surface area contributed by atoms with Gasteiger partial charge in [-0.3, -0.25) is 10.1 Å². The average molecular weight is 542 g/mol. The van der Waals surface area contributed by atoms with E-state index in [-0.39, 0.29) is 24.0 Å². The van der Waals surface area contributed by atoms with E-state index < -0.39 is 22.2 Å². The molecule has 13 heteroatoms. The Balaban J connectivity index is 1.49. The lowest BCUT2D eigenvalue weighted by atomic mass is 9.81. The molecule has 3 N–H and O–H groups in total. The molecule has 1 aliphatic carbocycles. The standard InChI is InChI=1S/C26H39N9O4/c1-25(2,3)39-24(36)29-18-26(10-6-5-7-11-26)32-22-20(35(37)38)17-28-23(31-22)30-21-9-8-19(16-27-21)34-14-12-33(4)13-15-34/h8-9,16-17H,5-7,10-15,18H2,1-4H3,(H,29,36)(H2,27,28,30,31,32). The lowest BCUT2D eigenvalue weighted by Gasteiger charge is -2.38. The first-order valence-electron chi connectivity index (χ1n) is 13.4. The molecule has 0 radical (unpaired) electrons. The summed E-state index contributed by atoms with van der Waals surface area (Å²) in [5, 5.41) is 21.0. The van der Waals surface area contributed by atoms with Crippen molar-refractivity contribution < 1.29 is 14.5 Å². The van der Waals surface area contributed by atoms with Crippen LogP contribution in [0.3, 0.4) is 0 Å². The number of nitro groups is 1. The summed E-state index contributed by atoms with van der Waals surface area (Å²) in [4.78, 5) is 41.4. The number of likely N-dealkylation sites (N-methyl/N-ethyl adjacent to an activating group) is 1. The third-order valence-electron chi connectivity index (χ3n) is 6.99. The molecule has 2 aromatic rings. The summed E-state index contributed by atoms with van der Waals surface area (Å²) >= 11 is 0. The van der Waals surface area contributed by atoms with Crippen molar-refractivity contribution >= 4 is 35.1 Å². The molecule has 0 unspecified atom stereocenters. The molecule has 1 saturated carbocycles. The van der Waals surface area contributed by atoms with Gasteiger partial charge >= 0.3 is 11.8 Å². The van der Waals surface area contributed by atoms with Gasteiger partial charge in [-0.15, -0.1) is 0 Å². The third kappa shape index (κ3) is 7.88. The van der Waals surface area contributed by atoms with Crippen LogP contribution >= 0.6 is 0 Å². The molecule has 2 aliphatic rings. The van der Waals surface area contributed by atoms with E-state index in [9.17, 15) is 14.9 Å². The number of hydrogen-bond donors (Lipinski definition) is 3. The zero-order valence-corrected chi connectivity index (χ0v) is 23.2. The second kappa shape index (κ2) is 12.0. The Morgan fingerprint density at radius 3 is 2.44 bits per heavy atom. The summed E-state index contributed by atoms with van der Waals surface area (Å²) in [7, 11) is 2.11. The lowest BCUT2D eigenvalue weighted by Crippen LogP contribution is -2.51. The fraction of sp³-hybridized carbons (Fsp3) is 0.615. The van der Waals surface area contributed by atoms with Crippen LogP contribution in [0.2, 0.25) is 0 Å². The van der Waals surface area contributed by atoms with Gasteiger partial charge in [-0.2, -0.15) is 4.98 Å². The second-order valence-electron chi connectivity index (χ2n) is 11.3. The fourth-order valence-corrected chi connectivity index (χ4v) is 4.87. The van der Waals surface area contributed by atoms with E-state index in [4.69, 9.17) is 4.74 Å². The van der Waals surface area contributed by atoms with Crippen molar-refractivity contribution in [1.29, 1.82) is 0 Å². The minimum atomic E-state index is -0.625. The Bertz CT molecular complexity index is 1140. The Morgan fingerprint density at radius 1 is 1.10 bits per heavy atom. The van der Waals surface area contributed by atoms with Crippen molar-refractivity contribution in [2.45, 2.75) is 64.0 Å². The monoisotopic (exact) mass is 541 g/mol. The Labute approximate surface area is 228 Å². The molecule has 212 valence electrons. The molecule has 13 nitrogen and oxygen atoms in total. The Morgan fingerprint density at radius 2 is 1.82 bits per heavy atom. The number of carbonyl (C=O) groups is 1. The van der Waals surface area contributed by atoms with Gasteiger partial charge in [0.25, 0.3) is 0 Å². The number of carbonyl (C=O) groups excluding carboxylic acids is 1. The van der Waals surface area contributed by atoms with Crippen LogP contribution < -0.4 is 20.9 Å². The van der Waals surface area contributed by atoms with E-state index in [0.717, 1.165) is 64.0 Å². The molecule has 39 heavy (non-hydrogen) atoms. The first-order valence-corrected chi connectivity index (χ1v) is 13.4. The highest BCUT2D eigenvalue weighted by Gasteiger charge is 2.36. The molecule has 1 amide bonds. The predicted molar refractivity (Wildman–Crippen MR) is 150 cm³/mol. The Kier molecular flexibility index (Phi) is 8.68. The van der Waals surface area contributed by atoms with E-state index >= 15 is 0 Å². The maximum Gasteiger partial charge on any atom is 0.407 e. The third-order valence-corrected chi connectivity index (χ3v) is 6.99. The van der Waals surface area contributed by atoms with Gasteiger partial charge in [0.2, 0.25) is 11.8 Å². The maximum absolute atomic E-state index is 12.4. The van der Waals surface area contributed by atoms with Crippen LogP contribution in [0.4, 0.5) is 33.8 Å². The van der Waals surface area contributed by atoms with Gasteiger partial charge < -0.3 is 30.5 Å². The molecular formula is C26H39N9O4. The number of amides is 1. The number of nitrogens with one attached hydrogen (secondary N) is 3. The topological polar surface area (TPSA) is 151 Å². The highest BCUT2D eigenvalue weighted by molar-refractivity contribution is 5.68. The largest absolute Gasteiger partial charge is 0.444 e. The molecule has 0 aromatic carbocycles. The van der Waals surface area contributed by atoms with Gasteiger partial charge in [-0.1, -0.05) is 19.3 Å². The average Bonchev–Trinajstić information content (AvgIpc) is 2.88. The number of nitrogens with zero attached hydrogens (tertiary/aromatic N) is 6. The molecule has 3 heterocycles. The minimum Gasteiger partial charge on any atom is -0.444 e. The van der Waals surface area contributed by atoms with Crippen LogP contribution in [0, 0.1) is 10.1 Å². The van der Waals surface area contributed by atoms with E-state index in [1.54, 1.807) is 27.0 Å². The van der Waals surface area contributed by atoms with Crippen LogP contribution in [0.1, 0.15) is 52.9 Å². The van der Waals surface area contributed by atoms with Gasteiger partial charge in [0.1, 0.15) is 17.6 Å². The molecule has 2 aromatic heterocycles. The summed E-state index contributed by atoms with van der Waals surface area (Å²) in [6.45, 7) is 9.54. The van der Waals surface area contributed by atoms with Crippen LogP contribution in [0.15, 0.2) is 24.5 Å². The first-order chi connectivity index (χ1) is 18.5. The van der Waals surface area contributed by atoms with Gasteiger partial charge in [0.05, 0.1) is 22.3 Å². The maximum atomic E-state index is 12.4. The summed E-state index contributed by atoms with van der Waals surface area (Å²) in [5.74, 6) is 0.820. The number of piperazine rings is 1. The van der Waals surface area contributed by atoms with Crippen LogP contribution in [0.25, 0.3) is 0 Å². The highest BCUT2D eigenvalue weighted by atomic mass is 16.6. The number of anilines is 4. The minimum absolute atomic E-state index is 0.0967. The van der Waals surface area contributed by atoms with Crippen molar-refractivity contribution in [2.75, 3.05) is 55.3 Å². The molecule has 4 rings (SSSR count). The summed E-state index contributed by atoms with van der Waals surface area (Å²) in [6, 6.07) is 3.84. The van der Waals surface area contributed by atoms with Crippen LogP contribution in [-0.2, 0) is 4.74 Å². The van der Waals surface area contributed by atoms with E-state index in [1.165, 1.54) is 6.20 Å².